The van der Waals surface area contributed by atoms with Gasteiger partial charge in [-0.2, -0.15) is 0 Å². The SMILES string of the molecule is NC(=O)Nc1ccc(C=NO)cc1. The Morgan fingerprint density at radius 3 is 2.54 bits per heavy atom. The Morgan fingerprint density at radius 2 is 2.08 bits per heavy atom. The summed E-state index contributed by atoms with van der Waals surface area (Å²) < 4.78 is 0. The van der Waals surface area contributed by atoms with Crippen molar-refractivity contribution in [1.29, 1.82) is 0 Å². The van der Waals surface area contributed by atoms with E-state index in [0.717, 1.165) is 5.56 Å². The molecule has 0 atom stereocenters. The average Bonchev–Trinajstić information content (AvgIpc) is 2.08. The number of amides is 2. The Labute approximate surface area is 74.9 Å². The molecule has 13 heavy (non-hydrogen) atoms. The molecule has 68 valence electrons. The molecule has 0 unspecified atom stereocenters. The lowest BCUT2D eigenvalue weighted by molar-refractivity contribution is 0.259. The predicted molar refractivity (Wildman–Crippen MR) is 49.0 cm³/mol. The van der Waals surface area contributed by atoms with Gasteiger partial charge >= 0.3 is 6.03 Å². The zero-order chi connectivity index (χ0) is 9.68. The molecule has 1 aromatic rings. The molecule has 0 bridgehead atoms. The van der Waals surface area contributed by atoms with Gasteiger partial charge in [-0.1, -0.05) is 17.3 Å². The summed E-state index contributed by atoms with van der Waals surface area (Å²) in [5.74, 6) is 0. The number of urea groups is 1. The Kier molecular flexibility index (Phi) is 2.86. The van der Waals surface area contributed by atoms with Gasteiger partial charge in [-0.15, -0.1) is 0 Å². The lowest BCUT2D eigenvalue weighted by atomic mass is 10.2. The van der Waals surface area contributed by atoms with Crippen LogP contribution in [0, 0.1) is 0 Å². The maximum absolute atomic E-state index is 10.4. The monoisotopic (exact) mass is 179 g/mol. The second kappa shape index (κ2) is 4.10. The van der Waals surface area contributed by atoms with Crippen molar-refractivity contribution in [3.63, 3.8) is 0 Å². The van der Waals surface area contributed by atoms with Crippen LogP contribution in [0.3, 0.4) is 0 Å². The highest BCUT2D eigenvalue weighted by Crippen LogP contribution is 2.07. The molecule has 0 aliphatic carbocycles. The van der Waals surface area contributed by atoms with Gasteiger partial charge in [0.2, 0.25) is 0 Å². The molecule has 0 aliphatic heterocycles. The van der Waals surface area contributed by atoms with Gasteiger partial charge in [-0.25, -0.2) is 4.79 Å². The first-order valence-corrected chi connectivity index (χ1v) is 3.56. The first-order valence-electron chi connectivity index (χ1n) is 3.56. The fourth-order valence-corrected chi connectivity index (χ4v) is 0.861. The standard InChI is InChI=1S/C8H9N3O2/c9-8(12)11-7-3-1-6(2-4-7)5-10-13/h1-5,13H,(H3,9,11,12). The zero-order valence-electron chi connectivity index (χ0n) is 6.77. The maximum Gasteiger partial charge on any atom is 0.316 e. The quantitative estimate of drug-likeness (QED) is 0.359. The molecule has 4 N–H and O–H groups in total. The lowest BCUT2D eigenvalue weighted by Crippen LogP contribution is -2.19. The van der Waals surface area contributed by atoms with Crippen LogP contribution in [-0.2, 0) is 0 Å². The van der Waals surface area contributed by atoms with Gasteiger partial charge < -0.3 is 16.3 Å². The lowest BCUT2D eigenvalue weighted by Gasteiger charge is -2.00. The molecule has 0 heterocycles. The van der Waals surface area contributed by atoms with E-state index in [9.17, 15) is 4.79 Å². The van der Waals surface area contributed by atoms with E-state index >= 15 is 0 Å². The molecule has 5 heteroatoms. The number of oxime groups is 1. The number of benzene rings is 1. The van der Waals surface area contributed by atoms with E-state index < -0.39 is 6.03 Å². The van der Waals surface area contributed by atoms with Crippen molar-refractivity contribution in [1.82, 2.24) is 0 Å². The minimum atomic E-state index is -0.608. The van der Waals surface area contributed by atoms with Crippen molar-refractivity contribution >= 4 is 17.9 Å². The third-order valence-electron chi connectivity index (χ3n) is 1.39. The molecule has 1 aromatic carbocycles. The zero-order valence-corrected chi connectivity index (χ0v) is 6.77. The average molecular weight is 179 g/mol. The van der Waals surface area contributed by atoms with Crippen molar-refractivity contribution in [2.24, 2.45) is 10.9 Å². The van der Waals surface area contributed by atoms with E-state index in [0.29, 0.717) is 5.69 Å². The normalized spacial score (nSPS) is 10.2. The Bertz CT molecular complexity index is 319. The van der Waals surface area contributed by atoms with E-state index in [4.69, 9.17) is 10.9 Å². The van der Waals surface area contributed by atoms with Crippen LogP contribution < -0.4 is 11.1 Å². The van der Waals surface area contributed by atoms with Crippen LogP contribution in [0.5, 0.6) is 0 Å². The number of anilines is 1. The van der Waals surface area contributed by atoms with E-state index in [1.165, 1.54) is 6.21 Å². The summed E-state index contributed by atoms with van der Waals surface area (Å²) in [6.07, 6.45) is 1.29. The molecule has 0 spiro atoms. The minimum absolute atomic E-state index is 0.600. The van der Waals surface area contributed by atoms with Crippen LogP contribution in [0.25, 0.3) is 0 Å². The first-order chi connectivity index (χ1) is 6.22. The molecule has 0 saturated carbocycles. The van der Waals surface area contributed by atoms with Crippen LogP contribution >= 0.6 is 0 Å². The van der Waals surface area contributed by atoms with Crippen LogP contribution in [-0.4, -0.2) is 17.5 Å². The van der Waals surface area contributed by atoms with E-state index in [-0.39, 0.29) is 0 Å². The van der Waals surface area contributed by atoms with Crippen LogP contribution in [0.15, 0.2) is 29.4 Å². The second-order valence-corrected chi connectivity index (χ2v) is 2.36. The highest BCUT2D eigenvalue weighted by atomic mass is 16.4. The number of rotatable bonds is 2. The van der Waals surface area contributed by atoms with E-state index in [1.807, 2.05) is 0 Å². The van der Waals surface area contributed by atoms with Crippen molar-refractivity contribution < 1.29 is 10.0 Å². The summed E-state index contributed by atoms with van der Waals surface area (Å²) in [7, 11) is 0. The topological polar surface area (TPSA) is 87.7 Å². The molecular weight excluding hydrogens is 170 g/mol. The van der Waals surface area contributed by atoms with Crippen molar-refractivity contribution in [3.8, 4) is 0 Å². The third kappa shape index (κ3) is 2.82. The van der Waals surface area contributed by atoms with Gasteiger partial charge in [0.1, 0.15) is 0 Å². The number of primary amides is 1. The first kappa shape index (κ1) is 9.05. The summed E-state index contributed by atoms with van der Waals surface area (Å²) in [5, 5.41) is 13.5. The maximum atomic E-state index is 10.4. The molecule has 0 aromatic heterocycles. The highest BCUT2D eigenvalue weighted by molar-refractivity contribution is 5.88. The van der Waals surface area contributed by atoms with Crippen molar-refractivity contribution in [2.75, 3.05) is 5.32 Å². The fraction of sp³-hybridized carbons (Fsp3) is 0. The number of hydrogen-bond acceptors (Lipinski definition) is 3. The van der Waals surface area contributed by atoms with Crippen LogP contribution in [0.4, 0.5) is 10.5 Å². The molecule has 0 aliphatic rings. The molecule has 0 saturated heterocycles. The molecule has 1 rings (SSSR count). The third-order valence-corrected chi connectivity index (χ3v) is 1.39. The number of nitrogens with zero attached hydrogens (tertiary/aromatic N) is 1. The molecule has 0 radical (unpaired) electrons. The Hall–Kier alpha value is -2.04. The fourth-order valence-electron chi connectivity index (χ4n) is 0.861. The van der Waals surface area contributed by atoms with Gasteiger partial charge in [0, 0.05) is 5.69 Å². The van der Waals surface area contributed by atoms with Crippen molar-refractivity contribution in [2.45, 2.75) is 0 Å². The van der Waals surface area contributed by atoms with E-state index in [1.54, 1.807) is 24.3 Å². The molecule has 2 amide bonds. The second-order valence-electron chi connectivity index (χ2n) is 2.36. The number of carbonyl (C=O) groups is 1. The number of nitrogens with one attached hydrogen (secondary N) is 1. The largest absolute Gasteiger partial charge is 0.411 e. The Balaban J connectivity index is 2.75. The van der Waals surface area contributed by atoms with Gasteiger partial charge in [-0.05, 0) is 17.7 Å². The van der Waals surface area contributed by atoms with Gasteiger partial charge in [-0.3, -0.25) is 0 Å². The van der Waals surface area contributed by atoms with E-state index in [2.05, 4.69) is 10.5 Å². The number of hydrogen-bond donors (Lipinski definition) is 3. The summed E-state index contributed by atoms with van der Waals surface area (Å²) in [6, 6.07) is 6.07. The van der Waals surface area contributed by atoms with Gasteiger partial charge in [0.05, 0.1) is 6.21 Å². The summed E-state index contributed by atoms with van der Waals surface area (Å²) in [4.78, 5) is 10.4. The summed E-state index contributed by atoms with van der Waals surface area (Å²) >= 11 is 0. The van der Waals surface area contributed by atoms with Gasteiger partial charge in [0.25, 0.3) is 0 Å². The number of nitrogens with two attached hydrogens (primary N) is 1. The smallest absolute Gasteiger partial charge is 0.316 e. The molecular formula is C8H9N3O2. The molecule has 0 fully saturated rings. The van der Waals surface area contributed by atoms with Crippen molar-refractivity contribution in [3.05, 3.63) is 29.8 Å². The molecule has 5 nitrogen and oxygen atoms in total. The summed E-state index contributed by atoms with van der Waals surface area (Å²) in [6.45, 7) is 0. The van der Waals surface area contributed by atoms with Crippen LogP contribution in [0.2, 0.25) is 0 Å². The minimum Gasteiger partial charge on any atom is -0.411 e. The highest BCUT2D eigenvalue weighted by Gasteiger charge is 1.94. The number of carbonyl (C=O) groups excluding carboxylic acids is 1. The Morgan fingerprint density at radius 1 is 1.46 bits per heavy atom. The predicted octanol–water partition coefficient (Wildman–Crippen LogP) is 0.985. The van der Waals surface area contributed by atoms with Crippen LogP contribution in [0.1, 0.15) is 5.56 Å². The summed E-state index contributed by atoms with van der Waals surface area (Å²) in [5.41, 5.74) is 6.24. The van der Waals surface area contributed by atoms with Gasteiger partial charge in [0.15, 0.2) is 0 Å².